The van der Waals surface area contributed by atoms with Gasteiger partial charge in [0.1, 0.15) is 0 Å². The molecular formula is C32H59FOS. The van der Waals surface area contributed by atoms with Crippen molar-refractivity contribution in [3.8, 4) is 0 Å². The molecular weight excluding hydrogens is 451 g/mol. The first-order valence-electron chi connectivity index (χ1n) is 14.6. The van der Waals surface area contributed by atoms with Crippen LogP contribution < -0.4 is 0 Å². The monoisotopic (exact) mass is 510 g/mol. The Labute approximate surface area is 223 Å². The maximum absolute atomic E-state index is 13.3. The van der Waals surface area contributed by atoms with Gasteiger partial charge < -0.3 is 5.11 Å². The average Bonchev–Trinajstić information content (AvgIpc) is 3.07. The largest absolute Gasteiger partial charge is 0.393 e. The predicted molar refractivity (Wildman–Crippen MR) is 154 cm³/mol. The van der Waals surface area contributed by atoms with Crippen molar-refractivity contribution in [3.63, 3.8) is 0 Å². The predicted octanol–water partition coefficient (Wildman–Crippen LogP) is 10.4. The number of unbranched alkanes of at least 4 members (excludes halogenated alkanes) is 1. The zero-order valence-corrected chi connectivity index (χ0v) is 24.3. The summed E-state index contributed by atoms with van der Waals surface area (Å²) in [6.45, 7) is 16.1. The number of aliphatic hydroxyl groups is 1. The normalized spacial score (nSPS) is 36.5. The molecule has 2 fully saturated rings. The first kappa shape index (κ1) is 31.2. The Kier molecular flexibility index (Phi) is 11.7. The van der Waals surface area contributed by atoms with E-state index in [9.17, 15) is 8.99 Å². The van der Waals surface area contributed by atoms with Gasteiger partial charge in [0.05, 0.1) is 6.10 Å². The topological polar surface area (TPSA) is 20.2 Å². The van der Waals surface area contributed by atoms with E-state index < -0.39 is 0 Å². The highest BCUT2D eigenvalue weighted by molar-refractivity contribution is 7.94. The zero-order chi connectivity index (χ0) is 25.1. The van der Waals surface area contributed by atoms with Crippen molar-refractivity contribution in [2.75, 3.05) is 5.75 Å². The summed E-state index contributed by atoms with van der Waals surface area (Å²) < 4.78 is 13.3. The van der Waals surface area contributed by atoms with E-state index in [2.05, 4.69) is 48.5 Å². The van der Waals surface area contributed by atoms with Crippen molar-refractivity contribution in [3.05, 3.63) is 11.1 Å². The van der Waals surface area contributed by atoms with Gasteiger partial charge in [-0.2, -0.15) is 3.89 Å². The summed E-state index contributed by atoms with van der Waals surface area (Å²) in [6, 6.07) is 0. The first-order chi connectivity index (χ1) is 15.9. The van der Waals surface area contributed by atoms with Gasteiger partial charge in [0.15, 0.2) is 0 Å². The van der Waals surface area contributed by atoms with Crippen LogP contribution in [0.5, 0.6) is 0 Å². The van der Waals surface area contributed by atoms with Gasteiger partial charge in [0.25, 0.3) is 0 Å². The van der Waals surface area contributed by atoms with Gasteiger partial charge in [-0.25, -0.2) is 0 Å². The Morgan fingerprint density at radius 1 is 1.06 bits per heavy atom. The summed E-state index contributed by atoms with van der Waals surface area (Å²) in [5, 5.41) is 10.3. The third kappa shape index (κ3) is 7.98. The molecule has 0 aromatic carbocycles. The molecule has 7 atom stereocenters. The molecule has 4 aliphatic rings. The van der Waals surface area contributed by atoms with Gasteiger partial charge in [0, 0.05) is 17.9 Å². The van der Waals surface area contributed by atoms with E-state index in [4.69, 9.17) is 0 Å². The minimum atomic E-state index is -0.187. The van der Waals surface area contributed by atoms with Crippen LogP contribution in [0.2, 0.25) is 0 Å². The van der Waals surface area contributed by atoms with Crippen molar-refractivity contribution >= 4 is 12.1 Å². The zero-order valence-electron chi connectivity index (χ0n) is 23.5. The van der Waals surface area contributed by atoms with Crippen LogP contribution in [0.3, 0.4) is 0 Å². The minimum absolute atomic E-state index is 0. The van der Waals surface area contributed by atoms with Crippen LogP contribution in [-0.4, -0.2) is 17.0 Å². The summed E-state index contributed by atoms with van der Waals surface area (Å²) >= 11 is 0.529. The van der Waals surface area contributed by atoms with E-state index in [-0.39, 0.29) is 13.5 Å². The third-order valence-corrected chi connectivity index (χ3v) is 10.1. The molecule has 0 bridgehead atoms. The van der Waals surface area contributed by atoms with Crippen LogP contribution in [0.15, 0.2) is 11.1 Å². The molecule has 0 aromatic rings. The molecule has 3 heteroatoms. The van der Waals surface area contributed by atoms with E-state index in [0.29, 0.717) is 34.6 Å². The molecule has 0 saturated heterocycles. The second kappa shape index (κ2) is 13.2. The van der Waals surface area contributed by atoms with E-state index in [1.807, 2.05) is 0 Å². The number of rotatable bonds is 7. The molecule has 35 heavy (non-hydrogen) atoms. The van der Waals surface area contributed by atoms with E-state index in [1.54, 1.807) is 5.57 Å². The molecule has 0 aromatic heterocycles. The molecule has 4 aliphatic carbocycles. The first-order valence-corrected chi connectivity index (χ1v) is 15.5. The minimum Gasteiger partial charge on any atom is -0.393 e. The van der Waals surface area contributed by atoms with E-state index >= 15 is 0 Å². The number of fused-ring (bicyclic) bond motifs is 4. The molecule has 0 amide bonds. The summed E-state index contributed by atoms with van der Waals surface area (Å²) in [5.74, 6) is 5.11. The lowest BCUT2D eigenvalue weighted by molar-refractivity contribution is 0.00123. The number of allylic oxidation sites excluding steroid dienone is 1. The Balaban J connectivity index is 0.000000656. The van der Waals surface area contributed by atoms with Crippen molar-refractivity contribution in [2.24, 2.45) is 46.3 Å². The lowest BCUT2D eigenvalue weighted by atomic mass is 9.51. The van der Waals surface area contributed by atoms with Crippen LogP contribution in [0.25, 0.3) is 0 Å². The van der Waals surface area contributed by atoms with Crippen LogP contribution in [0.4, 0.5) is 3.89 Å². The SMILES string of the molecule is C.CC(C)(C)C.CC(C)CCCC[C@H]1CCC2[C@@H]3CC(CSF)C4=C(CCC(O)C4)C3CCC21C. The summed E-state index contributed by atoms with van der Waals surface area (Å²) in [5.41, 5.74) is 4.17. The average molecular weight is 511 g/mol. The second-order valence-corrected chi connectivity index (χ2v) is 15.1. The third-order valence-electron chi connectivity index (χ3n) is 9.59. The number of halogens is 1. The Morgan fingerprint density at radius 3 is 2.37 bits per heavy atom. The van der Waals surface area contributed by atoms with Crippen LogP contribution in [0, 0.1) is 46.3 Å². The molecule has 0 radical (unpaired) electrons. The fraction of sp³-hybridized carbons (Fsp3) is 0.938. The summed E-state index contributed by atoms with van der Waals surface area (Å²) in [6.07, 6.45) is 15.0. The fourth-order valence-electron chi connectivity index (χ4n) is 8.11. The van der Waals surface area contributed by atoms with Crippen molar-refractivity contribution in [1.29, 1.82) is 0 Å². The van der Waals surface area contributed by atoms with Gasteiger partial charge in [-0.3, -0.25) is 0 Å². The molecule has 4 rings (SSSR count). The molecule has 2 saturated carbocycles. The molecule has 0 heterocycles. The fourth-order valence-corrected chi connectivity index (χ4v) is 8.60. The van der Waals surface area contributed by atoms with Crippen molar-refractivity contribution in [2.45, 2.75) is 139 Å². The molecule has 0 spiro atoms. The van der Waals surface area contributed by atoms with E-state index in [0.717, 1.165) is 48.9 Å². The highest BCUT2D eigenvalue weighted by Gasteiger charge is 2.55. The molecule has 1 N–H and O–H groups in total. The van der Waals surface area contributed by atoms with Crippen LogP contribution in [-0.2, 0) is 0 Å². The summed E-state index contributed by atoms with van der Waals surface area (Å²) in [4.78, 5) is 0. The molecule has 206 valence electrons. The second-order valence-electron chi connectivity index (χ2n) is 14.5. The van der Waals surface area contributed by atoms with Gasteiger partial charge in [-0.15, -0.1) is 0 Å². The van der Waals surface area contributed by atoms with Crippen LogP contribution >= 0.6 is 12.1 Å². The number of hydrogen-bond donors (Lipinski definition) is 1. The number of hydrogen-bond acceptors (Lipinski definition) is 2. The molecule has 0 aliphatic heterocycles. The highest BCUT2D eigenvalue weighted by atomic mass is 32.2. The van der Waals surface area contributed by atoms with Gasteiger partial charge in [-0.1, -0.05) is 86.3 Å². The smallest absolute Gasteiger partial charge is 0.0580 e. The van der Waals surface area contributed by atoms with E-state index in [1.165, 1.54) is 63.4 Å². The Hall–Kier alpha value is -0.0200. The molecule has 5 unspecified atom stereocenters. The van der Waals surface area contributed by atoms with Crippen molar-refractivity contribution < 1.29 is 8.99 Å². The van der Waals surface area contributed by atoms with Crippen molar-refractivity contribution in [1.82, 2.24) is 0 Å². The van der Waals surface area contributed by atoms with Gasteiger partial charge in [-0.05, 0) is 104 Å². The number of aliphatic hydroxyl groups excluding tert-OH is 1. The summed E-state index contributed by atoms with van der Waals surface area (Å²) in [7, 11) is 0. The van der Waals surface area contributed by atoms with Gasteiger partial charge >= 0.3 is 0 Å². The highest BCUT2D eigenvalue weighted by Crippen LogP contribution is 2.64. The lowest BCUT2D eigenvalue weighted by Crippen LogP contribution is -2.46. The Bertz CT molecular complexity index is 674. The van der Waals surface area contributed by atoms with Crippen LogP contribution in [0.1, 0.15) is 133 Å². The maximum Gasteiger partial charge on any atom is 0.0580 e. The van der Waals surface area contributed by atoms with Gasteiger partial charge in [0.2, 0.25) is 0 Å². The Morgan fingerprint density at radius 2 is 1.74 bits per heavy atom. The quantitative estimate of drug-likeness (QED) is 0.271. The lowest BCUT2D eigenvalue weighted by Gasteiger charge is -2.54. The standard InChI is InChI=1S/C26H43FOS.C5H12.CH4/c1-17(2)6-4-5-7-19-8-11-25-24-14-18(16-29-27)23-15-20(28)9-10-21(23)22(24)12-13-26(19,25)3;1-5(2,3)4;/h17-20,22,24-25,28H,4-16H2,1-3H3;1-4H3;1H4/t18?,19-,20?,22?,24+,25?,26?;;/m0../s1. The maximum atomic E-state index is 13.3. The molecule has 1 nitrogen and oxygen atoms in total.